The third-order valence-electron chi connectivity index (χ3n) is 3.54. The lowest BCUT2D eigenvalue weighted by Gasteiger charge is -2.16. The molecule has 0 aromatic heterocycles. The number of hydrogen-bond donors (Lipinski definition) is 2. The average molecular weight is 265 g/mol. The van der Waals surface area contributed by atoms with Crippen LogP contribution in [0.25, 0.3) is 0 Å². The van der Waals surface area contributed by atoms with Crippen LogP contribution in [0.1, 0.15) is 12.0 Å². The Kier molecular flexibility index (Phi) is 4.50. The van der Waals surface area contributed by atoms with E-state index >= 15 is 0 Å². The van der Waals surface area contributed by atoms with Crippen molar-refractivity contribution in [1.29, 1.82) is 0 Å². The fourth-order valence-corrected chi connectivity index (χ4v) is 2.37. The number of rotatable bonds is 4. The third kappa shape index (κ3) is 3.75. The molecule has 4 nitrogen and oxygen atoms in total. The first kappa shape index (κ1) is 14.0. The van der Waals surface area contributed by atoms with Crippen LogP contribution in [-0.4, -0.2) is 37.0 Å². The summed E-state index contributed by atoms with van der Waals surface area (Å²) in [6.07, 6.45) is 1.04. The van der Waals surface area contributed by atoms with E-state index in [1.165, 1.54) is 12.1 Å². The van der Waals surface area contributed by atoms with Crippen molar-refractivity contribution in [1.82, 2.24) is 4.90 Å². The number of amides is 1. The van der Waals surface area contributed by atoms with E-state index in [2.05, 4.69) is 10.2 Å². The van der Waals surface area contributed by atoms with E-state index in [9.17, 15) is 9.18 Å². The smallest absolute Gasteiger partial charge is 0.238 e. The molecule has 1 aliphatic rings. The van der Waals surface area contributed by atoms with Gasteiger partial charge in [0.1, 0.15) is 5.82 Å². The van der Waals surface area contributed by atoms with Gasteiger partial charge in [-0.2, -0.15) is 0 Å². The molecule has 1 saturated heterocycles. The summed E-state index contributed by atoms with van der Waals surface area (Å²) < 4.78 is 13.1. The number of nitrogens with two attached hydrogens (primary N) is 1. The highest BCUT2D eigenvalue weighted by Crippen LogP contribution is 2.17. The van der Waals surface area contributed by atoms with Gasteiger partial charge >= 0.3 is 0 Å². The van der Waals surface area contributed by atoms with Gasteiger partial charge in [-0.25, -0.2) is 4.39 Å². The molecule has 0 radical (unpaired) electrons. The van der Waals surface area contributed by atoms with E-state index in [0.29, 0.717) is 24.7 Å². The van der Waals surface area contributed by atoms with Crippen LogP contribution in [0.3, 0.4) is 0 Å². The molecule has 0 saturated carbocycles. The van der Waals surface area contributed by atoms with Crippen LogP contribution in [-0.2, 0) is 4.79 Å². The number of anilines is 1. The summed E-state index contributed by atoms with van der Waals surface area (Å²) >= 11 is 0. The Balaban J connectivity index is 1.89. The molecule has 1 aromatic rings. The second-order valence-electron chi connectivity index (χ2n) is 5.13. The van der Waals surface area contributed by atoms with Crippen molar-refractivity contribution in [2.75, 3.05) is 31.5 Å². The highest BCUT2D eigenvalue weighted by Gasteiger charge is 2.22. The second-order valence-corrected chi connectivity index (χ2v) is 5.13. The van der Waals surface area contributed by atoms with Crippen LogP contribution in [0, 0.1) is 18.7 Å². The molecular weight excluding hydrogens is 245 g/mol. The standard InChI is InChI=1S/C14H20FN3O/c1-10-2-3-12(15)6-13(10)17-14(19)9-18-5-4-11(7-16)8-18/h2-3,6,11H,4-5,7-9,16H2,1H3,(H,17,19). The Bertz CT molecular complexity index is 464. The molecule has 1 fully saturated rings. The van der Waals surface area contributed by atoms with Crippen molar-refractivity contribution < 1.29 is 9.18 Å². The van der Waals surface area contributed by atoms with Gasteiger partial charge in [-0.3, -0.25) is 9.69 Å². The van der Waals surface area contributed by atoms with E-state index in [0.717, 1.165) is 25.1 Å². The molecular formula is C14H20FN3O. The highest BCUT2D eigenvalue weighted by molar-refractivity contribution is 5.92. The third-order valence-corrected chi connectivity index (χ3v) is 3.54. The summed E-state index contributed by atoms with van der Waals surface area (Å²) in [4.78, 5) is 14.0. The lowest BCUT2D eigenvalue weighted by Crippen LogP contribution is -2.32. The number of nitrogens with zero attached hydrogens (tertiary/aromatic N) is 1. The zero-order valence-corrected chi connectivity index (χ0v) is 11.2. The summed E-state index contributed by atoms with van der Waals surface area (Å²) in [5, 5.41) is 2.76. The topological polar surface area (TPSA) is 58.4 Å². The minimum absolute atomic E-state index is 0.105. The molecule has 1 unspecified atom stereocenters. The number of carbonyl (C=O) groups excluding carboxylic acids is 1. The Morgan fingerprint density at radius 1 is 1.58 bits per heavy atom. The summed E-state index contributed by atoms with van der Waals surface area (Å²) in [5.74, 6) is 0.0420. The Hall–Kier alpha value is -1.46. The summed E-state index contributed by atoms with van der Waals surface area (Å²) in [7, 11) is 0. The van der Waals surface area contributed by atoms with Crippen molar-refractivity contribution >= 4 is 11.6 Å². The molecule has 2 rings (SSSR count). The summed E-state index contributed by atoms with van der Waals surface area (Å²) in [5.41, 5.74) is 7.02. The van der Waals surface area contributed by atoms with Crippen LogP contribution < -0.4 is 11.1 Å². The Morgan fingerprint density at radius 2 is 2.37 bits per heavy atom. The first-order valence-corrected chi connectivity index (χ1v) is 6.57. The second kappa shape index (κ2) is 6.12. The van der Waals surface area contributed by atoms with Gasteiger partial charge in [-0.05, 0) is 50.0 Å². The number of hydrogen-bond acceptors (Lipinski definition) is 3. The van der Waals surface area contributed by atoms with Gasteiger partial charge in [0.2, 0.25) is 5.91 Å². The fraction of sp³-hybridized carbons (Fsp3) is 0.500. The van der Waals surface area contributed by atoms with E-state index in [4.69, 9.17) is 5.73 Å². The van der Waals surface area contributed by atoms with Gasteiger partial charge in [-0.1, -0.05) is 6.07 Å². The van der Waals surface area contributed by atoms with E-state index in [-0.39, 0.29) is 11.7 Å². The molecule has 0 spiro atoms. The molecule has 1 atom stereocenters. The minimum atomic E-state index is -0.342. The highest BCUT2D eigenvalue weighted by atomic mass is 19.1. The maximum Gasteiger partial charge on any atom is 0.238 e. The van der Waals surface area contributed by atoms with Crippen molar-refractivity contribution in [2.24, 2.45) is 11.7 Å². The maximum atomic E-state index is 13.1. The van der Waals surface area contributed by atoms with E-state index < -0.39 is 0 Å². The van der Waals surface area contributed by atoms with Crippen LogP contribution >= 0.6 is 0 Å². The Morgan fingerprint density at radius 3 is 3.05 bits per heavy atom. The molecule has 1 aliphatic heterocycles. The molecule has 1 amide bonds. The summed E-state index contributed by atoms with van der Waals surface area (Å²) in [6, 6.07) is 4.39. The number of benzene rings is 1. The lowest BCUT2D eigenvalue weighted by molar-refractivity contribution is -0.117. The van der Waals surface area contributed by atoms with Gasteiger partial charge in [0.25, 0.3) is 0 Å². The molecule has 0 aliphatic carbocycles. The fourth-order valence-electron chi connectivity index (χ4n) is 2.37. The number of halogens is 1. The number of carbonyl (C=O) groups is 1. The first-order chi connectivity index (χ1) is 9.08. The van der Waals surface area contributed by atoms with Crippen molar-refractivity contribution in [3.63, 3.8) is 0 Å². The number of aryl methyl sites for hydroxylation is 1. The number of nitrogens with one attached hydrogen (secondary N) is 1. The van der Waals surface area contributed by atoms with Crippen LogP contribution in [0.2, 0.25) is 0 Å². The molecule has 0 bridgehead atoms. The predicted octanol–water partition coefficient (Wildman–Crippen LogP) is 1.35. The average Bonchev–Trinajstić information content (AvgIpc) is 2.81. The summed E-state index contributed by atoms with van der Waals surface area (Å²) in [6.45, 7) is 4.62. The van der Waals surface area contributed by atoms with Crippen molar-refractivity contribution in [2.45, 2.75) is 13.3 Å². The number of likely N-dealkylation sites (tertiary alicyclic amines) is 1. The molecule has 19 heavy (non-hydrogen) atoms. The van der Waals surface area contributed by atoms with Crippen molar-refractivity contribution in [3.05, 3.63) is 29.6 Å². The zero-order chi connectivity index (χ0) is 13.8. The van der Waals surface area contributed by atoms with Gasteiger partial charge < -0.3 is 11.1 Å². The van der Waals surface area contributed by atoms with Gasteiger partial charge in [0, 0.05) is 12.2 Å². The van der Waals surface area contributed by atoms with E-state index in [1.54, 1.807) is 6.07 Å². The van der Waals surface area contributed by atoms with Gasteiger partial charge in [-0.15, -0.1) is 0 Å². The lowest BCUT2D eigenvalue weighted by atomic mass is 10.1. The van der Waals surface area contributed by atoms with Gasteiger partial charge in [0.05, 0.1) is 6.54 Å². The monoisotopic (exact) mass is 265 g/mol. The maximum absolute atomic E-state index is 13.1. The van der Waals surface area contributed by atoms with Crippen molar-refractivity contribution in [3.8, 4) is 0 Å². The quantitative estimate of drug-likeness (QED) is 0.864. The van der Waals surface area contributed by atoms with Crippen LogP contribution in [0.4, 0.5) is 10.1 Å². The van der Waals surface area contributed by atoms with Gasteiger partial charge in [0.15, 0.2) is 0 Å². The zero-order valence-electron chi connectivity index (χ0n) is 11.2. The predicted molar refractivity (Wildman–Crippen MR) is 73.4 cm³/mol. The molecule has 5 heteroatoms. The first-order valence-electron chi connectivity index (χ1n) is 6.57. The van der Waals surface area contributed by atoms with Crippen LogP contribution in [0.5, 0.6) is 0 Å². The largest absolute Gasteiger partial charge is 0.330 e. The molecule has 1 heterocycles. The normalized spacial score (nSPS) is 19.6. The van der Waals surface area contributed by atoms with E-state index in [1.807, 2.05) is 6.92 Å². The van der Waals surface area contributed by atoms with Crippen LogP contribution in [0.15, 0.2) is 18.2 Å². The molecule has 1 aromatic carbocycles. The molecule has 3 N–H and O–H groups in total. The Labute approximate surface area is 112 Å². The molecule has 104 valence electrons. The minimum Gasteiger partial charge on any atom is -0.330 e. The SMILES string of the molecule is Cc1ccc(F)cc1NC(=O)CN1CCC(CN)C1.